The van der Waals surface area contributed by atoms with Gasteiger partial charge in [0.2, 0.25) is 10.0 Å². The van der Waals surface area contributed by atoms with E-state index in [-0.39, 0.29) is 18.2 Å². The standard InChI is InChI=1S/C15H14ClNO3S/c1-10-8-17(21(19,20)9-10)15(18)14-4-2-3-11-7-12(16)5-6-13(11)14/h2-7,10H,8-9H2,1H3. The van der Waals surface area contributed by atoms with Crippen molar-refractivity contribution < 1.29 is 13.2 Å². The van der Waals surface area contributed by atoms with Crippen molar-refractivity contribution in [3.05, 3.63) is 47.0 Å². The Bertz CT molecular complexity index is 832. The number of amides is 1. The van der Waals surface area contributed by atoms with Gasteiger partial charge in [0.15, 0.2) is 0 Å². The third-order valence-electron chi connectivity index (χ3n) is 3.61. The van der Waals surface area contributed by atoms with Gasteiger partial charge in [-0.15, -0.1) is 0 Å². The quantitative estimate of drug-likeness (QED) is 0.811. The molecule has 0 aliphatic carbocycles. The molecule has 2 aromatic rings. The van der Waals surface area contributed by atoms with Gasteiger partial charge in [0.05, 0.1) is 5.75 Å². The number of carbonyl (C=O) groups excluding carboxylic acids is 1. The molecule has 0 saturated carbocycles. The molecule has 0 spiro atoms. The summed E-state index contributed by atoms with van der Waals surface area (Å²) >= 11 is 5.95. The number of fused-ring (bicyclic) bond motifs is 1. The fourth-order valence-electron chi connectivity index (χ4n) is 2.68. The van der Waals surface area contributed by atoms with Gasteiger partial charge in [-0.05, 0) is 34.9 Å². The summed E-state index contributed by atoms with van der Waals surface area (Å²) in [6.07, 6.45) is 0. The third-order valence-corrected chi connectivity index (χ3v) is 5.82. The molecule has 3 rings (SSSR count). The van der Waals surface area contributed by atoms with Crippen molar-refractivity contribution in [3.8, 4) is 0 Å². The van der Waals surface area contributed by atoms with E-state index in [0.717, 1.165) is 9.69 Å². The molecule has 0 bridgehead atoms. The average molecular weight is 324 g/mol. The molecule has 1 aliphatic rings. The maximum absolute atomic E-state index is 12.6. The van der Waals surface area contributed by atoms with E-state index in [1.165, 1.54) is 0 Å². The van der Waals surface area contributed by atoms with E-state index in [9.17, 15) is 13.2 Å². The van der Waals surface area contributed by atoms with E-state index in [1.807, 2.05) is 13.0 Å². The summed E-state index contributed by atoms with van der Waals surface area (Å²) in [5.74, 6) is -0.481. The predicted molar refractivity (Wildman–Crippen MR) is 82.9 cm³/mol. The van der Waals surface area contributed by atoms with E-state index in [1.54, 1.807) is 30.3 Å². The molecule has 1 atom stereocenters. The summed E-state index contributed by atoms with van der Waals surface area (Å²) in [6.45, 7) is 2.07. The number of hydrogen-bond acceptors (Lipinski definition) is 3. The molecular weight excluding hydrogens is 310 g/mol. The second kappa shape index (κ2) is 5.00. The molecule has 1 amide bonds. The molecule has 1 aliphatic heterocycles. The van der Waals surface area contributed by atoms with Gasteiger partial charge in [0.1, 0.15) is 0 Å². The minimum Gasteiger partial charge on any atom is -0.268 e. The monoisotopic (exact) mass is 323 g/mol. The van der Waals surface area contributed by atoms with E-state index in [2.05, 4.69) is 0 Å². The van der Waals surface area contributed by atoms with Crippen molar-refractivity contribution in [1.29, 1.82) is 0 Å². The van der Waals surface area contributed by atoms with Crippen molar-refractivity contribution in [2.45, 2.75) is 6.92 Å². The summed E-state index contributed by atoms with van der Waals surface area (Å²) in [5.41, 5.74) is 0.391. The van der Waals surface area contributed by atoms with Gasteiger partial charge in [-0.25, -0.2) is 12.7 Å². The Kier molecular flexibility index (Phi) is 3.42. The highest BCUT2D eigenvalue weighted by molar-refractivity contribution is 7.89. The van der Waals surface area contributed by atoms with Crippen LogP contribution in [0.15, 0.2) is 36.4 Å². The summed E-state index contributed by atoms with van der Waals surface area (Å²) in [5, 5.41) is 2.11. The van der Waals surface area contributed by atoms with Gasteiger partial charge < -0.3 is 0 Å². The lowest BCUT2D eigenvalue weighted by atomic mass is 10.0. The smallest absolute Gasteiger partial charge is 0.267 e. The average Bonchev–Trinajstić information content (AvgIpc) is 2.70. The van der Waals surface area contributed by atoms with Crippen LogP contribution in [0.5, 0.6) is 0 Å². The fraction of sp³-hybridized carbons (Fsp3) is 0.267. The van der Waals surface area contributed by atoms with Crippen molar-refractivity contribution in [1.82, 2.24) is 4.31 Å². The number of benzene rings is 2. The summed E-state index contributed by atoms with van der Waals surface area (Å²) in [4.78, 5) is 12.6. The summed E-state index contributed by atoms with van der Waals surface area (Å²) in [6, 6.07) is 10.4. The zero-order valence-electron chi connectivity index (χ0n) is 11.4. The van der Waals surface area contributed by atoms with Crippen LogP contribution in [0.25, 0.3) is 10.8 Å². The number of halogens is 1. The van der Waals surface area contributed by atoms with E-state index in [4.69, 9.17) is 11.6 Å². The summed E-state index contributed by atoms with van der Waals surface area (Å²) in [7, 11) is -3.50. The van der Waals surface area contributed by atoms with Gasteiger partial charge in [-0.1, -0.05) is 36.7 Å². The molecule has 1 heterocycles. The molecule has 4 nitrogen and oxygen atoms in total. The molecule has 0 aromatic heterocycles. The molecular formula is C15H14ClNO3S. The van der Waals surface area contributed by atoms with E-state index >= 15 is 0 Å². The van der Waals surface area contributed by atoms with Crippen LogP contribution in [-0.4, -0.2) is 30.9 Å². The number of nitrogens with zero attached hydrogens (tertiary/aromatic N) is 1. The largest absolute Gasteiger partial charge is 0.268 e. The van der Waals surface area contributed by atoms with Crippen molar-refractivity contribution in [2.24, 2.45) is 5.92 Å². The Hall–Kier alpha value is -1.59. The minimum absolute atomic E-state index is 0.0231. The zero-order valence-corrected chi connectivity index (χ0v) is 13.0. The maximum Gasteiger partial charge on any atom is 0.267 e. The highest BCUT2D eigenvalue weighted by Crippen LogP contribution is 2.27. The van der Waals surface area contributed by atoms with Crippen molar-refractivity contribution in [2.75, 3.05) is 12.3 Å². The molecule has 2 aromatic carbocycles. The van der Waals surface area contributed by atoms with Gasteiger partial charge in [-0.2, -0.15) is 0 Å². The van der Waals surface area contributed by atoms with Gasteiger partial charge in [-0.3, -0.25) is 4.79 Å². The zero-order chi connectivity index (χ0) is 15.2. The number of hydrogen-bond donors (Lipinski definition) is 0. The van der Waals surface area contributed by atoms with E-state index < -0.39 is 15.9 Å². The Labute approximate surface area is 128 Å². The van der Waals surface area contributed by atoms with Crippen LogP contribution in [0.2, 0.25) is 5.02 Å². The molecule has 0 N–H and O–H groups in total. The lowest BCUT2D eigenvalue weighted by Crippen LogP contribution is -2.32. The lowest BCUT2D eigenvalue weighted by Gasteiger charge is -2.16. The first-order valence-electron chi connectivity index (χ1n) is 6.61. The molecule has 1 saturated heterocycles. The van der Waals surface area contributed by atoms with Crippen LogP contribution in [-0.2, 0) is 10.0 Å². The topological polar surface area (TPSA) is 54.5 Å². The highest BCUT2D eigenvalue weighted by Gasteiger charge is 2.37. The molecule has 21 heavy (non-hydrogen) atoms. The van der Waals surface area contributed by atoms with Crippen LogP contribution in [0, 0.1) is 5.92 Å². The first-order valence-corrected chi connectivity index (χ1v) is 8.60. The fourth-order valence-corrected chi connectivity index (χ4v) is 4.70. The predicted octanol–water partition coefficient (Wildman–Crippen LogP) is 2.91. The second-order valence-corrected chi connectivity index (χ2v) is 7.77. The maximum atomic E-state index is 12.6. The van der Waals surface area contributed by atoms with E-state index in [0.29, 0.717) is 16.0 Å². The normalized spacial score (nSPS) is 20.9. The highest BCUT2D eigenvalue weighted by atomic mass is 35.5. The van der Waals surface area contributed by atoms with Crippen LogP contribution in [0.3, 0.4) is 0 Å². The number of rotatable bonds is 1. The van der Waals surface area contributed by atoms with Crippen LogP contribution >= 0.6 is 11.6 Å². The first kappa shape index (κ1) is 14.4. The Balaban J connectivity index is 2.11. The minimum atomic E-state index is -3.50. The molecule has 1 fully saturated rings. The number of carbonyl (C=O) groups is 1. The lowest BCUT2D eigenvalue weighted by molar-refractivity contribution is 0.0865. The van der Waals surface area contributed by atoms with Crippen LogP contribution in [0.1, 0.15) is 17.3 Å². The molecule has 1 unspecified atom stereocenters. The SMILES string of the molecule is CC1CN(C(=O)c2cccc3cc(Cl)ccc23)S(=O)(=O)C1. The first-order chi connectivity index (χ1) is 9.88. The Morgan fingerprint density at radius 2 is 2.05 bits per heavy atom. The van der Waals surface area contributed by atoms with Crippen LogP contribution < -0.4 is 0 Å². The number of sulfonamides is 1. The third kappa shape index (κ3) is 2.51. The Morgan fingerprint density at radius 1 is 1.29 bits per heavy atom. The van der Waals surface area contributed by atoms with Gasteiger partial charge in [0, 0.05) is 17.1 Å². The second-order valence-electron chi connectivity index (χ2n) is 5.39. The van der Waals surface area contributed by atoms with Crippen molar-refractivity contribution >= 4 is 38.3 Å². The Morgan fingerprint density at radius 3 is 2.71 bits per heavy atom. The summed E-state index contributed by atoms with van der Waals surface area (Å²) < 4.78 is 25.1. The van der Waals surface area contributed by atoms with Gasteiger partial charge >= 0.3 is 0 Å². The molecule has 0 radical (unpaired) electrons. The van der Waals surface area contributed by atoms with Crippen LogP contribution in [0.4, 0.5) is 0 Å². The van der Waals surface area contributed by atoms with Crippen molar-refractivity contribution in [3.63, 3.8) is 0 Å². The molecule has 6 heteroatoms. The van der Waals surface area contributed by atoms with Gasteiger partial charge in [0.25, 0.3) is 5.91 Å². The molecule has 110 valence electrons.